The minimum absolute atomic E-state index is 0.0353. The fourth-order valence-corrected chi connectivity index (χ4v) is 6.66. The van der Waals surface area contributed by atoms with Crippen LogP contribution >= 0.6 is 15.2 Å². The van der Waals surface area contributed by atoms with E-state index < -0.39 is 26.1 Å². The van der Waals surface area contributed by atoms with Crippen molar-refractivity contribution in [3.63, 3.8) is 0 Å². The average Bonchev–Trinajstić information content (AvgIpc) is 2.24. The molecule has 112 valence electrons. The first-order chi connectivity index (χ1) is 8.93. The van der Waals surface area contributed by atoms with Gasteiger partial charge in [-0.25, -0.2) is 0 Å². The molecule has 0 radical (unpaired) electrons. The maximum absolute atomic E-state index is 12.0. The Labute approximate surface area is 116 Å². The number of fused-ring (bicyclic) bond motifs is 1. The van der Waals surface area contributed by atoms with Gasteiger partial charge in [-0.1, -0.05) is 12.2 Å². The fourth-order valence-electron chi connectivity index (χ4n) is 3.09. The molecule has 0 bridgehead atoms. The van der Waals surface area contributed by atoms with Gasteiger partial charge in [-0.2, -0.15) is 0 Å². The molecular weight excluding hydrogens is 304 g/mol. The molecule has 2 aliphatic rings. The van der Waals surface area contributed by atoms with E-state index in [2.05, 4.69) is 0 Å². The van der Waals surface area contributed by atoms with Gasteiger partial charge in [-0.05, 0) is 12.2 Å². The fraction of sp³-hybridized carbons (Fsp3) is 0.455. The van der Waals surface area contributed by atoms with Gasteiger partial charge in [-0.15, -0.1) is 0 Å². The Morgan fingerprint density at radius 3 is 2.25 bits per heavy atom. The van der Waals surface area contributed by atoms with Gasteiger partial charge in [0.15, 0.2) is 0 Å². The molecule has 1 aliphatic heterocycles. The molecule has 0 fully saturated rings. The molecule has 1 heterocycles. The number of quaternary nitrogens is 1. The first kappa shape index (κ1) is 15.9. The topological polar surface area (TPSA) is 115 Å². The predicted octanol–water partition coefficient (Wildman–Crippen LogP) is 0.897. The molecule has 0 saturated heterocycles. The molecule has 4 N–H and O–H groups in total. The van der Waals surface area contributed by atoms with Gasteiger partial charge in [0.1, 0.15) is 6.04 Å². The largest absolute Gasteiger partial charge is 0.350 e. The second-order valence-electron chi connectivity index (χ2n) is 5.61. The smallest absolute Gasteiger partial charge is 0.323 e. The van der Waals surface area contributed by atoms with Crippen molar-refractivity contribution in [2.75, 3.05) is 14.1 Å². The molecule has 2 rings (SSSR count). The van der Waals surface area contributed by atoms with Crippen LogP contribution in [-0.2, 0) is 9.13 Å². The summed E-state index contributed by atoms with van der Waals surface area (Å²) in [6.45, 7) is 0. The number of likely N-dealkylation sites (N-methyl/N-ethyl adjacent to an activating group) is 1. The van der Waals surface area contributed by atoms with Crippen LogP contribution < -0.4 is 0 Å². The van der Waals surface area contributed by atoms with Crippen LogP contribution in [-0.4, -0.2) is 49.1 Å². The zero-order chi connectivity index (χ0) is 15.4. The first-order valence-electron chi connectivity index (χ1n) is 5.94. The highest BCUT2D eigenvalue weighted by molar-refractivity contribution is 7.72. The normalized spacial score (nSPS) is 27.9. The van der Waals surface area contributed by atoms with Crippen molar-refractivity contribution in [3.8, 4) is 0 Å². The van der Waals surface area contributed by atoms with Gasteiger partial charge < -0.3 is 19.6 Å². The van der Waals surface area contributed by atoms with E-state index in [1.165, 1.54) is 6.08 Å². The molecule has 0 aromatic rings. The Bertz CT molecular complexity index is 586. The van der Waals surface area contributed by atoms with Crippen LogP contribution in [0.15, 0.2) is 36.1 Å². The molecule has 1 unspecified atom stereocenters. The van der Waals surface area contributed by atoms with Crippen LogP contribution in [0.5, 0.6) is 0 Å². The van der Waals surface area contributed by atoms with Crippen molar-refractivity contribution in [1.82, 2.24) is 0 Å². The molecule has 7 nitrogen and oxygen atoms in total. The Kier molecular flexibility index (Phi) is 3.56. The molecule has 1 atom stereocenters. The number of hydrogen-bond donors (Lipinski definition) is 4. The number of rotatable bonds is 2. The van der Waals surface area contributed by atoms with Crippen molar-refractivity contribution in [2.24, 2.45) is 0 Å². The summed E-state index contributed by atoms with van der Waals surface area (Å²) in [5, 5.41) is 0. The lowest BCUT2D eigenvalue weighted by Gasteiger charge is -2.49. The lowest BCUT2D eigenvalue weighted by Crippen LogP contribution is -2.59. The monoisotopic (exact) mass is 322 g/mol. The molecule has 0 amide bonds. The van der Waals surface area contributed by atoms with E-state index >= 15 is 0 Å². The standard InChI is InChI=1S/C11H17NO6P2/c1-12(2)8-4-6-9-5-3-7-11(10(9)12,19(13,14)15)20(16,17)18/h3-6,8,10H,7H2,1-2H3,(H3-,13,14,15,16,17,18)/p+1. The van der Waals surface area contributed by atoms with Gasteiger partial charge in [0.2, 0.25) is 4.90 Å². The van der Waals surface area contributed by atoms with Crippen molar-refractivity contribution >= 4 is 15.2 Å². The van der Waals surface area contributed by atoms with Crippen molar-refractivity contribution in [1.29, 1.82) is 0 Å². The number of allylic oxidation sites excluding steroid dienone is 3. The van der Waals surface area contributed by atoms with E-state index in [-0.39, 0.29) is 10.9 Å². The SMILES string of the molecule is C[N+]1(C)C=CC=C2C=CCC(P(=O)(O)O)(P(=O)(O)O)C21. The Morgan fingerprint density at radius 2 is 1.75 bits per heavy atom. The maximum atomic E-state index is 12.0. The minimum Gasteiger partial charge on any atom is -0.323 e. The van der Waals surface area contributed by atoms with Crippen molar-refractivity contribution in [3.05, 3.63) is 36.1 Å². The van der Waals surface area contributed by atoms with E-state index in [1.807, 2.05) is 0 Å². The summed E-state index contributed by atoms with van der Waals surface area (Å²) < 4.78 is 24.0. The van der Waals surface area contributed by atoms with Crippen molar-refractivity contribution in [2.45, 2.75) is 17.4 Å². The molecule has 0 spiro atoms. The zero-order valence-electron chi connectivity index (χ0n) is 11.1. The van der Waals surface area contributed by atoms with E-state index in [0.717, 1.165) is 0 Å². The first-order valence-corrected chi connectivity index (χ1v) is 9.16. The molecule has 20 heavy (non-hydrogen) atoms. The summed E-state index contributed by atoms with van der Waals surface area (Å²) in [7, 11) is -6.81. The Morgan fingerprint density at radius 1 is 1.20 bits per heavy atom. The van der Waals surface area contributed by atoms with Crippen LogP contribution in [0.4, 0.5) is 0 Å². The summed E-state index contributed by atoms with van der Waals surface area (Å²) in [6, 6.07) is -1.00. The molecule has 9 heteroatoms. The zero-order valence-corrected chi connectivity index (χ0v) is 12.9. The third-order valence-corrected chi connectivity index (χ3v) is 8.35. The highest BCUT2D eigenvalue weighted by Crippen LogP contribution is 2.75. The number of nitrogens with zero attached hydrogens (tertiary/aromatic N) is 1. The lowest BCUT2D eigenvalue weighted by molar-refractivity contribution is -0.861. The maximum Gasteiger partial charge on any atom is 0.350 e. The Balaban J connectivity index is 2.80. The van der Waals surface area contributed by atoms with Crippen LogP contribution in [0.2, 0.25) is 0 Å². The lowest BCUT2D eigenvalue weighted by atomic mass is 9.90. The van der Waals surface area contributed by atoms with Gasteiger partial charge >= 0.3 is 15.2 Å². The third kappa shape index (κ3) is 2.11. The summed E-state index contributed by atoms with van der Waals surface area (Å²) in [4.78, 5) is 36.5. The van der Waals surface area contributed by atoms with E-state index in [1.54, 1.807) is 38.5 Å². The summed E-state index contributed by atoms with van der Waals surface area (Å²) in [5.74, 6) is 0. The molecular formula is C11H18NO6P2+. The van der Waals surface area contributed by atoms with Gasteiger partial charge in [-0.3, -0.25) is 13.6 Å². The molecule has 0 saturated carbocycles. The van der Waals surface area contributed by atoms with Gasteiger partial charge in [0.25, 0.3) is 0 Å². The van der Waals surface area contributed by atoms with Crippen LogP contribution in [0.3, 0.4) is 0 Å². The average molecular weight is 322 g/mol. The van der Waals surface area contributed by atoms with E-state index in [0.29, 0.717) is 5.57 Å². The van der Waals surface area contributed by atoms with Crippen LogP contribution in [0.25, 0.3) is 0 Å². The predicted molar refractivity (Wildman–Crippen MR) is 73.7 cm³/mol. The van der Waals surface area contributed by atoms with Crippen LogP contribution in [0.1, 0.15) is 6.42 Å². The number of hydrogen-bond acceptors (Lipinski definition) is 2. The second-order valence-corrected chi connectivity index (χ2v) is 9.74. The second kappa shape index (κ2) is 4.49. The van der Waals surface area contributed by atoms with Gasteiger partial charge in [0, 0.05) is 12.0 Å². The highest BCUT2D eigenvalue weighted by Gasteiger charge is 2.70. The quantitative estimate of drug-likeness (QED) is 0.443. The van der Waals surface area contributed by atoms with E-state index in [9.17, 15) is 28.7 Å². The highest BCUT2D eigenvalue weighted by atomic mass is 31.2. The van der Waals surface area contributed by atoms with E-state index in [4.69, 9.17) is 0 Å². The third-order valence-electron chi connectivity index (χ3n) is 3.92. The van der Waals surface area contributed by atoms with Crippen LogP contribution in [0, 0.1) is 0 Å². The summed E-state index contributed by atoms with van der Waals surface area (Å²) >= 11 is 0. The molecule has 0 aromatic heterocycles. The minimum atomic E-state index is -5.07. The summed E-state index contributed by atoms with van der Waals surface area (Å²) in [5.41, 5.74) is 0.510. The molecule has 0 aromatic carbocycles. The van der Waals surface area contributed by atoms with Crippen molar-refractivity contribution < 1.29 is 33.2 Å². The summed E-state index contributed by atoms with van der Waals surface area (Å²) in [6.07, 6.45) is 7.72. The Hall–Kier alpha value is -0.520. The molecule has 1 aliphatic carbocycles. The van der Waals surface area contributed by atoms with Gasteiger partial charge in [0.05, 0.1) is 20.3 Å².